The Morgan fingerprint density at radius 2 is 2.11 bits per heavy atom. The van der Waals surface area contributed by atoms with Crippen LogP contribution in [0.1, 0.15) is 0 Å². The molecule has 0 aromatic heterocycles. The lowest BCUT2D eigenvalue weighted by Crippen LogP contribution is -2.23. The van der Waals surface area contributed by atoms with Crippen molar-refractivity contribution in [1.29, 1.82) is 0 Å². The zero-order chi connectivity index (χ0) is 6.91. The fourth-order valence-corrected chi connectivity index (χ4v) is 0.741. The fraction of sp³-hybridized carbons (Fsp3) is 0.500. The Kier molecular flexibility index (Phi) is 1.53. The summed E-state index contributed by atoms with van der Waals surface area (Å²) in [5.74, 6) is 0. The summed E-state index contributed by atoms with van der Waals surface area (Å²) in [6.07, 6.45) is 1.19. The van der Waals surface area contributed by atoms with Crippen LogP contribution in [0.2, 0.25) is 0 Å². The van der Waals surface area contributed by atoms with Crippen LogP contribution in [-0.4, -0.2) is 20.1 Å². The van der Waals surface area contributed by atoms with Gasteiger partial charge in [-0.3, -0.25) is 0 Å². The normalized spacial score (nSPS) is 20.1. The van der Waals surface area contributed by atoms with Crippen molar-refractivity contribution in [3.8, 4) is 0 Å². The maximum Gasteiger partial charge on any atom is 0.506 e. The number of nitrogens with one attached hydrogen (secondary N) is 1. The Labute approximate surface area is 51.0 Å². The van der Waals surface area contributed by atoms with Gasteiger partial charge in [0.2, 0.25) is 0 Å². The smallest absolute Gasteiger partial charge is 0.445 e. The standard InChI is InChI=1S/C4H6BF3N/c6-5(7,8)4-1-2-9-3-4/h1,9H,2-3H2/q-1. The summed E-state index contributed by atoms with van der Waals surface area (Å²) < 4.78 is 35.1. The number of rotatable bonds is 1. The zero-order valence-corrected chi connectivity index (χ0v) is 4.70. The van der Waals surface area contributed by atoms with Crippen molar-refractivity contribution in [2.75, 3.05) is 13.1 Å². The molecule has 0 fully saturated rings. The number of hydrogen-bond acceptors (Lipinski definition) is 1. The maximum absolute atomic E-state index is 11.7. The van der Waals surface area contributed by atoms with Crippen molar-refractivity contribution >= 4 is 6.98 Å². The maximum atomic E-state index is 11.7. The minimum absolute atomic E-state index is 0.0104. The molecule has 0 bridgehead atoms. The fourth-order valence-electron chi connectivity index (χ4n) is 0.741. The van der Waals surface area contributed by atoms with Crippen molar-refractivity contribution in [3.05, 3.63) is 11.5 Å². The lowest BCUT2D eigenvalue weighted by Gasteiger charge is -2.14. The Hall–Kier alpha value is -0.445. The van der Waals surface area contributed by atoms with E-state index >= 15 is 0 Å². The van der Waals surface area contributed by atoms with Crippen molar-refractivity contribution in [2.45, 2.75) is 0 Å². The third-order valence-electron chi connectivity index (χ3n) is 1.26. The Balaban J connectivity index is 2.61. The molecule has 0 saturated heterocycles. The van der Waals surface area contributed by atoms with Gasteiger partial charge in [-0.25, -0.2) is 0 Å². The first-order valence-corrected chi connectivity index (χ1v) is 2.70. The molecule has 1 aliphatic rings. The lowest BCUT2D eigenvalue weighted by atomic mass is 9.80. The van der Waals surface area contributed by atoms with Crippen LogP contribution in [0, 0.1) is 0 Å². The molecule has 0 aliphatic carbocycles. The van der Waals surface area contributed by atoms with Crippen LogP contribution in [0.3, 0.4) is 0 Å². The predicted molar refractivity (Wildman–Crippen MR) is 30.0 cm³/mol. The van der Waals surface area contributed by atoms with Gasteiger partial charge in [-0.05, 0) is 6.54 Å². The first-order valence-electron chi connectivity index (χ1n) is 2.70. The van der Waals surface area contributed by atoms with Crippen LogP contribution in [0.5, 0.6) is 0 Å². The summed E-state index contributed by atoms with van der Waals surface area (Å²) in [5, 5.41) is 2.58. The van der Waals surface area contributed by atoms with E-state index in [4.69, 9.17) is 0 Å². The topological polar surface area (TPSA) is 12.0 Å². The van der Waals surface area contributed by atoms with E-state index in [0.29, 0.717) is 6.54 Å². The third-order valence-corrected chi connectivity index (χ3v) is 1.26. The monoisotopic (exact) mass is 136 g/mol. The van der Waals surface area contributed by atoms with Crippen LogP contribution in [0.25, 0.3) is 0 Å². The summed E-state index contributed by atoms with van der Waals surface area (Å²) in [7, 11) is 0. The summed E-state index contributed by atoms with van der Waals surface area (Å²) in [6.45, 7) is -4.36. The minimum Gasteiger partial charge on any atom is -0.445 e. The Bertz CT molecular complexity index is 139. The molecule has 0 aromatic carbocycles. The van der Waals surface area contributed by atoms with Crippen LogP contribution in [0.15, 0.2) is 11.5 Å². The highest BCUT2D eigenvalue weighted by molar-refractivity contribution is 6.67. The minimum atomic E-state index is -4.71. The van der Waals surface area contributed by atoms with E-state index in [2.05, 4.69) is 5.32 Å². The Morgan fingerprint density at radius 3 is 2.33 bits per heavy atom. The molecule has 9 heavy (non-hydrogen) atoms. The average molecular weight is 136 g/mol. The summed E-state index contributed by atoms with van der Waals surface area (Å²) in [6, 6.07) is 0. The molecule has 1 nitrogen and oxygen atoms in total. The molecule has 0 spiro atoms. The molecule has 0 saturated carbocycles. The Morgan fingerprint density at radius 1 is 1.44 bits per heavy atom. The molecule has 0 atom stereocenters. The summed E-state index contributed by atoms with van der Waals surface area (Å²) >= 11 is 0. The van der Waals surface area contributed by atoms with Gasteiger partial charge in [0, 0.05) is 6.54 Å². The van der Waals surface area contributed by atoms with Crippen molar-refractivity contribution < 1.29 is 12.9 Å². The van der Waals surface area contributed by atoms with Gasteiger partial charge in [0.05, 0.1) is 0 Å². The quantitative estimate of drug-likeness (QED) is 0.528. The number of hydrogen-bond donors (Lipinski definition) is 1. The van der Waals surface area contributed by atoms with Gasteiger partial charge in [-0.15, -0.1) is 11.5 Å². The van der Waals surface area contributed by atoms with E-state index in [1.165, 1.54) is 6.08 Å². The van der Waals surface area contributed by atoms with E-state index in [9.17, 15) is 12.9 Å². The van der Waals surface area contributed by atoms with Crippen molar-refractivity contribution in [3.63, 3.8) is 0 Å². The largest absolute Gasteiger partial charge is 0.506 e. The van der Waals surface area contributed by atoms with Gasteiger partial charge >= 0.3 is 6.98 Å². The van der Waals surface area contributed by atoms with Gasteiger partial charge < -0.3 is 18.3 Å². The van der Waals surface area contributed by atoms with Gasteiger partial charge in [-0.2, -0.15) is 0 Å². The molecule has 52 valence electrons. The average Bonchev–Trinajstić information content (AvgIpc) is 2.08. The first-order chi connectivity index (χ1) is 4.11. The molecule has 5 heteroatoms. The van der Waals surface area contributed by atoms with E-state index < -0.39 is 12.4 Å². The third kappa shape index (κ3) is 1.48. The van der Waals surface area contributed by atoms with E-state index in [1.54, 1.807) is 0 Å². The van der Waals surface area contributed by atoms with Crippen LogP contribution in [0.4, 0.5) is 12.9 Å². The molecular weight excluding hydrogens is 130 g/mol. The van der Waals surface area contributed by atoms with Crippen LogP contribution < -0.4 is 5.32 Å². The highest BCUT2D eigenvalue weighted by atomic mass is 19.4. The van der Waals surface area contributed by atoms with Crippen molar-refractivity contribution in [1.82, 2.24) is 5.32 Å². The summed E-state index contributed by atoms with van der Waals surface area (Å²) in [5.41, 5.74) is -0.394. The highest BCUT2D eigenvalue weighted by Crippen LogP contribution is 2.20. The van der Waals surface area contributed by atoms with Gasteiger partial charge in [0.15, 0.2) is 0 Å². The van der Waals surface area contributed by atoms with Crippen LogP contribution >= 0.6 is 0 Å². The summed E-state index contributed by atoms with van der Waals surface area (Å²) in [4.78, 5) is 0. The van der Waals surface area contributed by atoms with Gasteiger partial charge in [-0.1, -0.05) is 0 Å². The lowest BCUT2D eigenvalue weighted by molar-refractivity contribution is 0.488. The molecule has 1 N–H and O–H groups in total. The highest BCUT2D eigenvalue weighted by Gasteiger charge is 2.28. The van der Waals surface area contributed by atoms with Gasteiger partial charge in [0.25, 0.3) is 0 Å². The molecule has 1 aliphatic heterocycles. The second kappa shape index (κ2) is 2.06. The van der Waals surface area contributed by atoms with Gasteiger partial charge in [0.1, 0.15) is 0 Å². The molecule has 0 amide bonds. The van der Waals surface area contributed by atoms with E-state index in [-0.39, 0.29) is 6.54 Å². The second-order valence-corrected chi connectivity index (χ2v) is 1.98. The molecule has 0 unspecified atom stereocenters. The SMILES string of the molecule is F[B-](F)(F)C1=CCNC1. The number of halogens is 3. The zero-order valence-electron chi connectivity index (χ0n) is 4.70. The van der Waals surface area contributed by atoms with Crippen molar-refractivity contribution in [2.24, 2.45) is 0 Å². The van der Waals surface area contributed by atoms with E-state index in [1.807, 2.05) is 0 Å². The van der Waals surface area contributed by atoms with Crippen LogP contribution in [-0.2, 0) is 0 Å². The second-order valence-electron chi connectivity index (χ2n) is 1.98. The molecule has 0 radical (unpaired) electrons. The van der Waals surface area contributed by atoms with E-state index in [0.717, 1.165) is 0 Å². The molecular formula is C4H6BF3N-. The molecule has 0 aromatic rings. The molecule has 1 heterocycles. The first kappa shape index (κ1) is 6.67. The predicted octanol–water partition coefficient (Wildman–Crippen LogP) is 0.903. The molecule has 1 rings (SSSR count).